The molecular weight excluding hydrogens is 356 g/mol. The maximum absolute atomic E-state index is 12.8. The van der Waals surface area contributed by atoms with Crippen molar-refractivity contribution in [2.24, 2.45) is 5.41 Å². The van der Waals surface area contributed by atoms with Crippen molar-refractivity contribution >= 4 is 17.6 Å². The first-order valence-electron chi connectivity index (χ1n) is 9.78. The molecule has 28 heavy (non-hydrogen) atoms. The molecule has 5 rings (SSSR count). The topological polar surface area (TPSA) is 67.9 Å². The van der Waals surface area contributed by atoms with Crippen LogP contribution in [-0.2, 0) is 19.7 Å². The Bertz CT molecular complexity index is 965. The number of methoxy groups -OCH3 is 2. The fourth-order valence-corrected chi connectivity index (χ4v) is 6.01. The van der Waals surface area contributed by atoms with Gasteiger partial charge in [-0.15, -0.1) is 0 Å². The van der Waals surface area contributed by atoms with E-state index in [9.17, 15) is 9.59 Å². The fraction of sp³-hybridized carbons (Fsp3) is 0.455. The summed E-state index contributed by atoms with van der Waals surface area (Å²) in [6.45, 7) is 2.82. The smallest absolute Gasteiger partial charge is 0.335 e. The summed E-state index contributed by atoms with van der Waals surface area (Å²) >= 11 is 0. The average molecular weight is 380 g/mol. The quantitative estimate of drug-likeness (QED) is 0.817. The van der Waals surface area contributed by atoms with Crippen LogP contribution in [0.15, 0.2) is 41.6 Å². The zero-order valence-electron chi connectivity index (χ0n) is 16.4. The van der Waals surface area contributed by atoms with Crippen LogP contribution in [0.4, 0.5) is 5.69 Å². The molecule has 3 aliphatic heterocycles. The lowest BCUT2D eigenvalue weighted by atomic mass is 9.55. The number of nitrogens with one attached hydrogen (secondary N) is 1. The summed E-state index contributed by atoms with van der Waals surface area (Å²) in [5.74, 6) is 0.531. The molecule has 3 atom stereocenters. The first-order chi connectivity index (χ1) is 13.5. The van der Waals surface area contributed by atoms with E-state index in [1.807, 2.05) is 23.1 Å². The molecule has 0 bridgehead atoms. The van der Waals surface area contributed by atoms with Gasteiger partial charge in [0, 0.05) is 29.4 Å². The van der Waals surface area contributed by atoms with Crippen LogP contribution < -0.4 is 10.1 Å². The van der Waals surface area contributed by atoms with Crippen molar-refractivity contribution in [2.75, 3.05) is 26.1 Å². The van der Waals surface area contributed by atoms with Crippen molar-refractivity contribution in [1.82, 2.24) is 4.90 Å². The van der Waals surface area contributed by atoms with Crippen LogP contribution in [-0.4, -0.2) is 43.6 Å². The number of carbonyl (C=O) groups is 2. The second-order valence-electron chi connectivity index (χ2n) is 8.13. The zero-order chi connectivity index (χ0) is 19.7. The van der Waals surface area contributed by atoms with Crippen molar-refractivity contribution in [2.45, 2.75) is 37.6 Å². The Hall–Kier alpha value is -2.76. The third kappa shape index (κ3) is 1.88. The number of carbonyl (C=O) groups excluding carboxylic acids is 2. The summed E-state index contributed by atoms with van der Waals surface area (Å²) in [5.41, 5.74) is 2.99. The molecule has 1 spiro atoms. The van der Waals surface area contributed by atoms with E-state index in [0.29, 0.717) is 18.5 Å². The van der Waals surface area contributed by atoms with Gasteiger partial charge in [0.2, 0.25) is 5.91 Å². The number of hydrogen-bond acceptors (Lipinski definition) is 5. The van der Waals surface area contributed by atoms with Gasteiger partial charge in [-0.1, -0.05) is 19.1 Å². The molecule has 146 valence electrons. The van der Waals surface area contributed by atoms with Crippen LogP contribution in [0.2, 0.25) is 0 Å². The fourth-order valence-electron chi connectivity index (χ4n) is 6.01. The highest BCUT2D eigenvalue weighted by atomic mass is 16.5. The van der Waals surface area contributed by atoms with Crippen LogP contribution in [0, 0.1) is 5.41 Å². The number of rotatable bonds is 3. The molecule has 0 unspecified atom stereocenters. The van der Waals surface area contributed by atoms with E-state index in [1.165, 1.54) is 7.11 Å². The van der Waals surface area contributed by atoms with Crippen molar-refractivity contribution in [3.05, 3.63) is 47.2 Å². The van der Waals surface area contributed by atoms with Gasteiger partial charge in [-0.05, 0) is 37.0 Å². The van der Waals surface area contributed by atoms with Crippen LogP contribution in [0.25, 0.3) is 0 Å². The van der Waals surface area contributed by atoms with E-state index in [1.54, 1.807) is 13.2 Å². The number of esters is 1. The molecule has 4 aliphatic rings. The van der Waals surface area contributed by atoms with Crippen molar-refractivity contribution in [3.63, 3.8) is 0 Å². The lowest BCUT2D eigenvalue weighted by Crippen LogP contribution is -2.59. The normalized spacial score (nSPS) is 31.9. The Balaban J connectivity index is 1.82. The Morgan fingerprint density at radius 2 is 2.18 bits per heavy atom. The standard InChI is InChI=1S/C22H24N2O4/c1-4-21-8-7-17(25)24-10-9-22(20(21)24)15-6-5-13(27-2)11-16(15)23-18(22)14(12-21)19(26)28-3/h5-8,11,20,23H,4,9-10,12H2,1-3H3/t20-,21-,22+/m0/s1. The predicted octanol–water partition coefficient (Wildman–Crippen LogP) is 2.76. The summed E-state index contributed by atoms with van der Waals surface area (Å²) in [4.78, 5) is 27.5. The van der Waals surface area contributed by atoms with Gasteiger partial charge in [0.05, 0.1) is 31.2 Å². The molecule has 0 aromatic heterocycles. The lowest BCUT2D eigenvalue weighted by molar-refractivity contribution is -0.137. The molecule has 1 saturated heterocycles. The summed E-state index contributed by atoms with van der Waals surface area (Å²) in [6, 6.07) is 6.01. The van der Waals surface area contributed by atoms with E-state index < -0.39 is 5.41 Å². The van der Waals surface area contributed by atoms with Crippen LogP contribution in [0.3, 0.4) is 0 Å². The molecule has 1 N–H and O–H groups in total. The average Bonchev–Trinajstić information content (AvgIpc) is 3.29. The van der Waals surface area contributed by atoms with Gasteiger partial charge in [-0.25, -0.2) is 4.79 Å². The Morgan fingerprint density at radius 1 is 1.36 bits per heavy atom. The number of anilines is 1. The monoisotopic (exact) mass is 380 g/mol. The van der Waals surface area contributed by atoms with Gasteiger partial charge in [-0.3, -0.25) is 4.79 Å². The maximum atomic E-state index is 12.8. The molecule has 1 fully saturated rings. The SMILES string of the molecule is CC[C@]12C=CC(=O)N3CC[C@@]4(C(=C(C(=O)OC)C1)Nc1cc(OC)ccc14)[C@@H]32. The van der Waals surface area contributed by atoms with Crippen LogP contribution >= 0.6 is 0 Å². The molecule has 6 nitrogen and oxygen atoms in total. The first-order valence-corrected chi connectivity index (χ1v) is 9.78. The van der Waals surface area contributed by atoms with E-state index in [2.05, 4.69) is 18.3 Å². The Kier molecular flexibility index (Phi) is 3.49. The number of ether oxygens (including phenoxy) is 2. The first kappa shape index (κ1) is 17.3. The molecule has 3 heterocycles. The minimum Gasteiger partial charge on any atom is -0.497 e. The lowest BCUT2D eigenvalue weighted by Gasteiger charge is -2.53. The molecule has 1 aliphatic carbocycles. The van der Waals surface area contributed by atoms with Gasteiger partial charge in [0.15, 0.2) is 0 Å². The largest absolute Gasteiger partial charge is 0.497 e. The van der Waals surface area contributed by atoms with Gasteiger partial charge in [0.25, 0.3) is 0 Å². The van der Waals surface area contributed by atoms with E-state index in [0.717, 1.165) is 35.5 Å². The third-order valence-corrected chi connectivity index (χ3v) is 7.22. The minimum absolute atomic E-state index is 0.00643. The van der Waals surface area contributed by atoms with Crippen molar-refractivity contribution < 1.29 is 19.1 Å². The van der Waals surface area contributed by atoms with Crippen molar-refractivity contribution in [3.8, 4) is 5.75 Å². The number of hydrogen-bond donors (Lipinski definition) is 1. The molecule has 1 aromatic carbocycles. The minimum atomic E-state index is -0.417. The second kappa shape index (κ2) is 5.63. The molecular formula is C22H24N2O4. The van der Waals surface area contributed by atoms with E-state index in [-0.39, 0.29) is 23.3 Å². The van der Waals surface area contributed by atoms with Gasteiger partial charge in [0.1, 0.15) is 5.75 Å². The number of nitrogens with zero attached hydrogens (tertiary/aromatic N) is 1. The molecule has 1 amide bonds. The number of amides is 1. The highest BCUT2D eigenvalue weighted by Gasteiger charge is 2.66. The van der Waals surface area contributed by atoms with Crippen LogP contribution in [0.5, 0.6) is 5.75 Å². The van der Waals surface area contributed by atoms with Crippen LogP contribution in [0.1, 0.15) is 31.7 Å². The highest BCUT2D eigenvalue weighted by Crippen LogP contribution is 2.64. The summed E-state index contributed by atoms with van der Waals surface area (Å²) in [7, 11) is 3.07. The second-order valence-corrected chi connectivity index (χ2v) is 8.13. The Morgan fingerprint density at radius 3 is 2.89 bits per heavy atom. The Labute approximate surface area is 164 Å². The zero-order valence-corrected chi connectivity index (χ0v) is 16.4. The molecule has 0 radical (unpaired) electrons. The predicted molar refractivity (Wildman–Crippen MR) is 104 cm³/mol. The molecule has 6 heteroatoms. The van der Waals surface area contributed by atoms with Gasteiger partial charge in [-0.2, -0.15) is 0 Å². The number of benzene rings is 1. The van der Waals surface area contributed by atoms with Gasteiger partial charge >= 0.3 is 5.97 Å². The molecule has 1 aromatic rings. The van der Waals surface area contributed by atoms with Crippen molar-refractivity contribution in [1.29, 1.82) is 0 Å². The number of fused-ring (bicyclic) bond motifs is 1. The highest BCUT2D eigenvalue weighted by molar-refractivity contribution is 5.95. The van der Waals surface area contributed by atoms with E-state index >= 15 is 0 Å². The summed E-state index contributed by atoms with van der Waals surface area (Å²) < 4.78 is 10.6. The van der Waals surface area contributed by atoms with E-state index in [4.69, 9.17) is 9.47 Å². The molecule has 0 saturated carbocycles. The van der Waals surface area contributed by atoms with Gasteiger partial charge < -0.3 is 19.7 Å². The summed E-state index contributed by atoms with van der Waals surface area (Å²) in [5, 5.41) is 3.52. The summed E-state index contributed by atoms with van der Waals surface area (Å²) in [6.07, 6.45) is 5.94. The third-order valence-electron chi connectivity index (χ3n) is 7.22. The maximum Gasteiger partial charge on any atom is 0.335 e.